The van der Waals surface area contributed by atoms with E-state index in [1.807, 2.05) is 0 Å². The Kier molecular flexibility index (Phi) is 4.10. The minimum atomic E-state index is -4.51. The molecule has 1 saturated carbocycles. The van der Waals surface area contributed by atoms with Crippen molar-refractivity contribution in [2.45, 2.75) is 37.5 Å². The maximum atomic E-state index is 12.9. The molecule has 1 fully saturated rings. The first-order valence-corrected chi connectivity index (χ1v) is 8.28. The number of nitrogen functional groups attached to an aromatic ring is 1. The predicted molar refractivity (Wildman–Crippen MR) is 89.9 cm³/mol. The van der Waals surface area contributed by atoms with E-state index in [4.69, 9.17) is 16.2 Å². The Morgan fingerprint density at radius 1 is 1.19 bits per heavy atom. The second kappa shape index (κ2) is 6.34. The number of aromatic nitrogens is 5. The van der Waals surface area contributed by atoms with Gasteiger partial charge in [-0.3, -0.25) is 0 Å². The highest BCUT2D eigenvalue weighted by Crippen LogP contribution is 2.37. The van der Waals surface area contributed by atoms with E-state index < -0.39 is 11.7 Å². The number of halogens is 3. The summed E-state index contributed by atoms with van der Waals surface area (Å²) in [4.78, 5) is 12.0. The van der Waals surface area contributed by atoms with E-state index in [9.17, 15) is 13.2 Å². The van der Waals surface area contributed by atoms with Gasteiger partial charge in [-0.2, -0.15) is 13.2 Å². The molecule has 0 bridgehead atoms. The third-order valence-corrected chi connectivity index (χ3v) is 4.54. The number of hydrogen-bond acceptors (Lipinski definition) is 7. The average molecular weight is 379 g/mol. The molecule has 0 aromatic carbocycles. The maximum absolute atomic E-state index is 12.9. The first-order chi connectivity index (χ1) is 12.8. The molecule has 1 aliphatic rings. The fourth-order valence-electron chi connectivity index (χ4n) is 3.24. The zero-order valence-corrected chi connectivity index (χ0v) is 14.0. The number of anilines is 1. The monoisotopic (exact) mass is 379 g/mol. The first-order valence-electron chi connectivity index (χ1n) is 8.28. The van der Waals surface area contributed by atoms with Gasteiger partial charge in [-0.15, -0.1) is 5.10 Å². The van der Waals surface area contributed by atoms with Crippen LogP contribution in [0.4, 0.5) is 19.0 Å². The zero-order valence-electron chi connectivity index (χ0n) is 14.0. The highest BCUT2D eigenvalue weighted by atomic mass is 19.4. The number of ether oxygens (including phenoxy) is 1. The van der Waals surface area contributed by atoms with E-state index in [0.29, 0.717) is 17.5 Å². The lowest BCUT2D eigenvalue weighted by atomic mass is 10.2. The molecule has 0 aliphatic heterocycles. The summed E-state index contributed by atoms with van der Waals surface area (Å²) < 4.78 is 45.9. The third-order valence-electron chi connectivity index (χ3n) is 4.54. The van der Waals surface area contributed by atoms with Gasteiger partial charge in [0.2, 0.25) is 5.88 Å². The van der Waals surface area contributed by atoms with E-state index in [1.165, 1.54) is 6.33 Å². The predicted octanol–water partition coefficient (Wildman–Crippen LogP) is 2.67. The molecule has 11 heteroatoms. The Labute approximate surface area is 151 Å². The fourth-order valence-corrected chi connectivity index (χ4v) is 3.24. The van der Waals surface area contributed by atoms with Crippen LogP contribution >= 0.6 is 0 Å². The van der Waals surface area contributed by atoms with E-state index in [-0.39, 0.29) is 29.7 Å². The first kappa shape index (κ1) is 17.5. The number of rotatable bonds is 3. The summed E-state index contributed by atoms with van der Waals surface area (Å²) >= 11 is 0. The number of pyridine rings is 1. The Morgan fingerprint density at radius 3 is 2.70 bits per heavy atom. The van der Waals surface area contributed by atoms with Crippen molar-refractivity contribution in [1.82, 2.24) is 24.7 Å². The average Bonchev–Trinajstić information content (AvgIpc) is 3.19. The smallest absolute Gasteiger partial charge is 0.416 e. The van der Waals surface area contributed by atoms with Crippen molar-refractivity contribution in [1.29, 1.82) is 0 Å². The molecule has 0 amide bonds. The lowest BCUT2D eigenvalue weighted by Crippen LogP contribution is -2.16. The van der Waals surface area contributed by atoms with Crippen LogP contribution < -0.4 is 16.2 Å². The minimum Gasteiger partial charge on any atom is -0.418 e. The van der Waals surface area contributed by atoms with Gasteiger partial charge in [0.25, 0.3) is 5.88 Å². The van der Waals surface area contributed by atoms with Crippen molar-refractivity contribution in [3.8, 4) is 11.8 Å². The molecule has 4 rings (SSSR count). The van der Waals surface area contributed by atoms with Crippen LogP contribution in [0, 0.1) is 0 Å². The fraction of sp³-hybridized carbons (Fsp3) is 0.375. The quantitative estimate of drug-likeness (QED) is 0.718. The van der Waals surface area contributed by atoms with Crippen LogP contribution in [0.15, 0.2) is 24.7 Å². The molecule has 3 aromatic heterocycles. The van der Waals surface area contributed by atoms with Gasteiger partial charge in [-0.25, -0.2) is 19.6 Å². The Bertz CT molecular complexity index is 988. The Hall–Kier alpha value is -2.95. The van der Waals surface area contributed by atoms with Gasteiger partial charge in [-0.05, 0) is 25.3 Å². The van der Waals surface area contributed by atoms with Gasteiger partial charge in [-0.1, -0.05) is 0 Å². The lowest BCUT2D eigenvalue weighted by Gasteiger charge is -2.10. The van der Waals surface area contributed by atoms with Gasteiger partial charge in [0, 0.05) is 18.3 Å². The highest BCUT2D eigenvalue weighted by Gasteiger charge is 2.32. The molecular formula is C16H16F3N7O. The van der Waals surface area contributed by atoms with Crippen LogP contribution in [0.1, 0.15) is 30.9 Å². The second-order valence-electron chi connectivity index (χ2n) is 6.42. The number of hydrogen-bond donors (Lipinski definition) is 2. The van der Waals surface area contributed by atoms with Crippen molar-refractivity contribution in [2.24, 2.45) is 5.73 Å². The molecule has 3 aromatic rings. The molecule has 27 heavy (non-hydrogen) atoms. The SMILES string of the molecule is Nc1ncnc2c1c(Oc1cc(C(F)(F)F)ccn1)nn2[C@H]1CC[C@H](N)C1. The van der Waals surface area contributed by atoms with Crippen LogP contribution in [0.5, 0.6) is 11.8 Å². The van der Waals surface area contributed by atoms with E-state index in [0.717, 1.165) is 31.2 Å². The number of nitrogens with two attached hydrogens (primary N) is 2. The second-order valence-corrected chi connectivity index (χ2v) is 6.42. The van der Waals surface area contributed by atoms with Crippen LogP contribution in [-0.2, 0) is 6.18 Å². The summed E-state index contributed by atoms with van der Waals surface area (Å²) in [7, 11) is 0. The standard InChI is InChI=1S/C16H16F3N7O/c17-16(18,19)8-3-4-22-11(5-8)27-15-12-13(21)23-7-24-14(12)26(25-15)10-2-1-9(20)6-10/h3-5,7,9-10H,1-2,6,20H2,(H2,21,23,24)/t9-,10-/m0/s1. The molecule has 4 N–H and O–H groups in total. The zero-order chi connectivity index (χ0) is 19.2. The normalized spacial score (nSPS) is 20.3. The van der Waals surface area contributed by atoms with Crippen molar-refractivity contribution < 1.29 is 17.9 Å². The van der Waals surface area contributed by atoms with Crippen molar-refractivity contribution in [3.63, 3.8) is 0 Å². The van der Waals surface area contributed by atoms with Crippen molar-refractivity contribution in [2.75, 3.05) is 5.73 Å². The Morgan fingerprint density at radius 2 is 2.00 bits per heavy atom. The van der Waals surface area contributed by atoms with Gasteiger partial charge in [0.1, 0.15) is 17.5 Å². The molecular weight excluding hydrogens is 363 g/mol. The molecule has 0 saturated heterocycles. The molecule has 3 heterocycles. The van der Waals surface area contributed by atoms with Gasteiger partial charge >= 0.3 is 6.18 Å². The summed E-state index contributed by atoms with van der Waals surface area (Å²) in [5, 5.41) is 4.72. The summed E-state index contributed by atoms with van der Waals surface area (Å²) in [5.74, 6) is -0.117. The van der Waals surface area contributed by atoms with Crippen LogP contribution in [-0.4, -0.2) is 30.8 Å². The molecule has 2 atom stereocenters. The van der Waals surface area contributed by atoms with Crippen molar-refractivity contribution in [3.05, 3.63) is 30.2 Å². The summed E-state index contributed by atoms with van der Waals surface area (Å²) in [6, 6.07) is 1.73. The van der Waals surface area contributed by atoms with Crippen LogP contribution in [0.25, 0.3) is 11.0 Å². The molecule has 8 nitrogen and oxygen atoms in total. The highest BCUT2D eigenvalue weighted by molar-refractivity contribution is 5.90. The summed E-state index contributed by atoms with van der Waals surface area (Å²) in [6.45, 7) is 0. The van der Waals surface area contributed by atoms with Crippen molar-refractivity contribution >= 4 is 16.9 Å². The lowest BCUT2D eigenvalue weighted by molar-refractivity contribution is -0.137. The largest absolute Gasteiger partial charge is 0.418 e. The summed E-state index contributed by atoms with van der Waals surface area (Å²) in [6.07, 6.45) is 0.178. The molecule has 142 valence electrons. The topological polar surface area (TPSA) is 118 Å². The summed E-state index contributed by atoms with van der Waals surface area (Å²) in [5.41, 5.74) is 11.5. The third kappa shape index (κ3) is 3.25. The molecule has 1 aliphatic carbocycles. The van der Waals surface area contributed by atoms with Gasteiger partial charge in [0.15, 0.2) is 5.65 Å². The number of nitrogens with zero attached hydrogens (tertiary/aromatic N) is 5. The van der Waals surface area contributed by atoms with Gasteiger partial charge in [0.05, 0.1) is 11.6 Å². The Balaban J connectivity index is 1.76. The number of fused-ring (bicyclic) bond motifs is 1. The minimum absolute atomic E-state index is 0.00335. The van der Waals surface area contributed by atoms with Crippen LogP contribution in [0.3, 0.4) is 0 Å². The molecule has 0 spiro atoms. The van der Waals surface area contributed by atoms with E-state index >= 15 is 0 Å². The van der Waals surface area contributed by atoms with E-state index in [1.54, 1.807) is 4.68 Å². The molecule has 0 unspecified atom stereocenters. The van der Waals surface area contributed by atoms with Gasteiger partial charge < -0.3 is 16.2 Å². The number of alkyl halides is 3. The van der Waals surface area contributed by atoms with E-state index in [2.05, 4.69) is 20.1 Å². The maximum Gasteiger partial charge on any atom is 0.416 e. The van der Waals surface area contributed by atoms with Crippen LogP contribution in [0.2, 0.25) is 0 Å². The molecule has 0 radical (unpaired) electrons.